The van der Waals surface area contributed by atoms with Crippen molar-refractivity contribution in [3.8, 4) is 0 Å². The van der Waals surface area contributed by atoms with Crippen LogP contribution in [0, 0.1) is 0 Å². The van der Waals surface area contributed by atoms with E-state index >= 15 is 0 Å². The normalized spacial score (nSPS) is 24.0. The van der Waals surface area contributed by atoms with Crippen LogP contribution >= 0.6 is 19.4 Å². The van der Waals surface area contributed by atoms with Crippen molar-refractivity contribution in [3.05, 3.63) is 11.7 Å². The van der Waals surface area contributed by atoms with E-state index in [1.54, 1.807) is 17.6 Å². The highest BCUT2D eigenvalue weighted by Crippen LogP contribution is 2.36. The maximum atomic E-state index is 4.75. The molecule has 0 aromatic rings. The monoisotopic (exact) mass is 106 g/mol. The van der Waals surface area contributed by atoms with Crippen LogP contribution in [0.5, 0.6) is 0 Å². The molecule has 0 N–H and O–H groups in total. The minimum absolute atomic E-state index is 0.614. The average molecular weight is 106 g/mol. The van der Waals surface area contributed by atoms with E-state index < -0.39 is 0 Å². The SMILES string of the molecule is C1=CSPO1. The zero-order chi connectivity index (χ0) is 3.54. The molecule has 0 saturated heterocycles. The van der Waals surface area contributed by atoms with Gasteiger partial charge in [-0.25, -0.2) is 0 Å². The van der Waals surface area contributed by atoms with E-state index in [0.29, 0.717) is 8.01 Å². The molecule has 0 bridgehead atoms. The molecule has 5 heavy (non-hydrogen) atoms. The van der Waals surface area contributed by atoms with Gasteiger partial charge in [-0.2, -0.15) is 0 Å². The van der Waals surface area contributed by atoms with Crippen molar-refractivity contribution in [2.75, 3.05) is 0 Å². The van der Waals surface area contributed by atoms with Crippen LogP contribution in [0.25, 0.3) is 0 Å². The predicted octanol–water partition coefficient (Wildman–Crippen LogP) is 1.73. The largest absolute Gasteiger partial charge is 0.473 e. The first-order valence-corrected chi connectivity index (χ1v) is 3.73. The Kier molecular flexibility index (Phi) is 1.18. The zero-order valence-electron chi connectivity index (χ0n) is 2.47. The molecule has 1 aliphatic rings. The van der Waals surface area contributed by atoms with Gasteiger partial charge in [-0.15, -0.1) is 0 Å². The Morgan fingerprint density at radius 2 is 2.80 bits per heavy atom. The molecule has 1 rings (SSSR count). The quantitative estimate of drug-likeness (QED) is 0.435. The summed E-state index contributed by atoms with van der Waals surface area (Å²) in [4.78, 5) is 0. The lowest BCUT2D eigenvalue weighted by molar-refractivity contribution is 0.567. The van der Waals surface area contributed by atoms with E-state index in [4.69, 9.17) is 4.52 Å². The van der Waals surface area contributed by atoms with Crippen molar-refractivity contribution in [2.45, 2.75) is 0 Å². The second-order valence-electron chi connectivity index (χ2n) is 0.591. The van der Waals surface area contributed by atoms with Crippen molar-refractivity contribution in [3.63, 3.8) is 0 Å². The van der Waals surface area contributed by atoms with Gasteiger partial charge in [0.25, 0.3) is 0 Å². The molecule has 0 fully saturated rings. The third-order valence-electron chi connectivity index (χ3n) is 0.288. The smallest absolute Gasteiger partial charge is 0.137 e. The van der Waals surface area contributed by atoms with Crippen LogP contribution < -0.4 is 0 Å². The molecule has 0 aliphatic carbocycles. The van der Waals surface area contributed by atoms with Gasteiger partial charge in [-0.3, -0.25) is 0 Å². The molecule has 1 heterocycles. The molecule has 1 aliphatic heterocycles. The van der Waals surface area contributed by atoms with Crippen LogP contribution in [0.3, 0.4) is 0 Å². The Morgan fingerprint density at radius 3 is 3.00 bits per heavy atom. The van der Waals surface area contributed by atoms with Crippen LogP contribution in [-0.4, -0.2) is 0 Å². The van der Waals surface area contributed by atoms with Crippen molar-refractivity contribution in [1.29, 1.82) is 0 Å². The topological polar surface area (TPSA) is 9.23 Å². The van der Waals surface area contributed by atoms with Gasteiger partial charge in [0.05, 0.1) is 6.26 Å². The minimum atomic E-state index is 0.614. The number of hydrogen-bond acceptors (Lipinski definition) is 2. The second-order valence-corrected chi connectivity index (χ2v) is 2.71. The first-order valence-electron chi connectivity index (χ1n) is 1.21. The Balaban J connectivity index is 2.32. The molecule has 0 radical (unpaired) electrons. The van der Waals surface area contributed by atoms with E-state index in [2.05, 4.69) is 0 Å². The van der Waals surface area contributed by atoms with E-state index in [0.717, 1.165) is 0 Å². The number of rotatable bonds is 0. The molecule has 0 saturated carbocycles. The molecule has 0 amide bonds. The van der Waals surface area contributed by atoms with Crippen LogP contribution in [0.4, 0.5) is 0 Å². The first-order chi connectivity index (χ1) is 2.50. The molecule has 1 unspecified atom stereocenters. The summed E-state index contributed by atoms with van der Waals surface area (Å²) >= 11 is 1.70. The van der Waals surface area contributed by atoms with Gasteiger partial charge in [0.2, 0.25) is 0 Å². The summed E-state index contributed by atoms with van der Waals surface area (Å²) in [6, 6.07) is 0. The van der Waals surface area contributed by atoms with Gasteiger partial charge < -0.3 is 4.52 Å². The first kappa shape index (κ1) is 3.51. The second kappa shape index (κ2) is 1.68. The van der Waals surface area contributed by atoms with Gasteiger partial charge in [0, 0.05) is 5.41 Å². The van der Waals surface area contributed by atoms with Crippen molar-refractivity contribution in [2.24, 2.45) is 0 Å². The third kappa shape index (κ3) is 0.822. The lowest BCUT2D eigenvalue weighted by Gasteiger charge is -1.77. The maximum absolute atomic E-state index is 4.75. The molecule has 0 aromatic carbocycles. The summed E-state index contributed by atoms with van der Waals surface area (Å²) in [5, 5.41) is 1.94. The van der Waals surface area contributed by atoms with Gasteiger partial charge in [0.15, 0.2) is 0 Å². The van der Waals surface area contributed by atoms with Crippen molar-refractivity contribution in [1.82, 2.24) is 0 Å². The Labute approximate surface area is 36.4 Å². The summed E-state index contributed by atoms with van der Waals surface area (Å²) in [5.41, 5.74) is 0. The zero-order valence-corrected chi connectivity index (χ0v) is 4.29. The summed E-state index contributed by atoms with van der Waals surface area (Å²) in [6.45, 7) is 0. The summed E-state index contributed by atoms with van der Waals surface area (Å²) in [6.07, 6.45) is 1.71. The molecule has 1 nitrogen and oxygen atoms in total. The molecule has 28 valence electrons. The van der Waals surface area contributed by atoms with Crippen LogP contribution in [0.1, 0.15) is 0 Å². The lowest BCUT2D eigenvalue weighted by atomic mass is 11.2. The standard InChI is InChI=1S/C2H3OPS/c1-2-5-4-3-1/h1-2,4H. The van der Waals surface area contributed by atoms with Gasteiger partial charge in [0.1, 0.15) is 8.01 Å². The number of hydrogen-bond donors (Lipinski definition) is 0. The highest BCUT2D eigenvalue weighted by atomic mass is 32.7. The highest BCUT2D eigenvalue weighted by molar-refractivity contribution is 8.50. The fraction of sp³-hybridized carbons (Fsp3) is 0. The van der Waals surface area contributed by atoms with Crippen LogP contribution in [0.15, 0.2) is 11.7 Å². The predicted molar refractivity (Wildman–Crippen MR) is 26.1 cm³/mol. The van der Waals surface area contributed by atoms with Crippen molar-refractivity contribution >= 4 is 19.4 Å². The molecule has 3 heteroatoms. The Morgan fingerprint density at radius 1 is 1.80 bits per heavy atom. The minimum Gasteiger partial charge on any atom is -0.473 e. The molecule has 0 aromatic heterocycles. The van der Waals surface area contributed by atoms with E-state index in [9.17, 15) is 0 Å². The molecule has 0 spiro atoms. The average Bonchev–Trinajstić information content (AvgIpc) is 1.76. The van der Waals surface area contributed by atoms with E-state index in [-0.39, 0.29) is 0 Å². The van der Waals surface area contributed by atoms with Gasteiger partial charge in [-0.1, -0.05) is 11.4 Å². The molecular formula is C2H3OPS. The molecule has 1 atom stereocenters. The van der Waals surface area contributed by atoms with E-state index in [1.807, 2.05) is 5.41 Å². The van der Waals surface area contributed by atoms with Crippen molar-refractivity contribution < 1.29 is 4.52 Å². The van der Waals surface area contributed by atoms with Crippen LogP contribution in [0.2, 0.25) is 0 Å². The Hall–Kier alpha value is 0.320. The third-order valence-corrected chi connectivity index (χ3v) is 1.85. The fourth-order valence-electron chi connectivity index (χ4n) is 0.139. The summed E-state index contributed by atoms with van der Waals surface area (Å²) < 4.78 is 4.75. The highest BCUT2D eigenvalue weighted by Gasteiger charge is 1.85. The summed E-state index contributed by atoms with van der Waals surface area (Å²) in [5.74, 6) is 0. The maximum Gasteiger partial charge on any atom is 0.137 e. The lowest BCUT2D eigenvalue weighted by Crippen LogP contribution is -1.36. The van der Waals surface area contributed by atoms with Crippen LogP contribution in [-0.2, 0) is 4.52 Å². The molecular weight excluding hydrogens is 103 g/mol. The van der Waals surface area contributed by atoms with Gasteiger partial charge in [-0.05, 0) is 0 Å². The summed E-state index contributed by atoms with van der Waals surface area (Å²) in [7, 11) is 0.614. The van der Waals surface area contributed by atoms with E-state index in [1.165, 1.54) is 0 Å². The van der Waals surface area contributed by atoms with Gasteiger partial charge >= 0.3 is 0 Å². The Bertz CT molecular complexity index is 47.6. The fourth-order valence-corrected chi connectivity index (χ4v) is 1.25.